The third-order valence-corrected chi connectivity index (χ3v) is 7.50. The Kier molecular flexibility index (Phi) is 3.97. The zero-order valence-electron chi connectivity index (χ0n) is 17.8. The van der Waals surface area contributed by atoms with Crippen LogP contribution in [0.25, 0.3) is 22.3 Å². The predicted octanol–water partition coefficient (Wildman–Crippen LogP) is 8.58. The van der Waals surface area contributed by atoms with E-state index in [0.29, 0.717) is 0 Å². The Hall–Kier alpha value is -3.62. The molecule has 1 heterocycles. The Morgan fingerprint density at radius 3 is 2.06 bits per heavy atom. The largest absolute Gasteiger partial charge is 0.457 e. The van der Waals surface area contributed by atoms with Crippen LogP contribution in [0.15, 0.2) is 120 Å². The van der Waals surface area contributed by atoms with E-state index in [2.05, 4.69) is 131 Å². The van der Waals surface area contributed by atoms with Crippen LogP contribution in [-0.4, -0.2) is 0 Å². The van der Waals surface area contributed by atoms with Gasteiger partial charge >= 0.3 is 0 Å². The molecule has 7 rings (SSSR count). The van der Waals surface area contributed by atoms with Crippen LogP contribution in [0.1, 0.15) is 22.3 Å². The quantitative estimate of drug-likeness (QED) is 0.225. The molecule has 0 saturated carbocycles. The second kappa shape index (κ2) is 6.94. The summed E-state index contributed by atoms with van der Waals surface area (Å²) in [4.78, 5) is 0. The van der Waals surface area contributed by atoms with Crippen molar-refractivity contribution in [1.29, 1.82) is 0 Å². The lowest BCUT2D eigenvalue weighted by molar-refractivity contribution is 0.436. The molecule has 0 bridgehead atoms. The molecule has 2 heteroatoms. The van der Waals surface area contributed by atoms with Crippen molar-refractivity contribution in [2.24, 2.45) is 0 Å². The molecule has 5 aromatic carbocycles. The Balaban J connectivity index is 1.64. The van der Waals surface area contributed by atoms with Crippen molar-refractivity contribution in [3.8, 4) is 33.8 Å². The number of halogens is 1. The van der Waals surface area contributed by atoms with E-state index < -0.39 is 5.41 Å². The topological polar surface area (TPSA) is 9.23 Å². The van der Waals surface area contributed by atoms with Gasteiger partial charge in [-0.1, -0.05) is 101 Å². The Morgan fingerprint density at radius 2 is 1.18 bits per heavy atom. The van der Waals surface area contributed by atoms with Crippen molar-refractivity contribution < 1.29 is 4.74 Å². The Bertz CT molecular complexity index is 1550. The van der Waals surface area contributed by atoms with Crippen molar-refractivity contribution in [3.05, 3.63) is 142 Å². The molecule has 1 aliphatic heterocycles. The van der Waals surface area contributed by atoms with E-state index >= 15 is 0 Å². The molecule has 0 radical (unpaired) electrons. The van der Waals surface area contributed by atoms with E-state index in [1.54, 1.807) is 0 Å². The van der Waals surface area contributed by atoms with Crippen molar-refractivity contribution >= 4 is 15.9 Å². The molecule has 0 saturated heterocycles. The fraction of sp³-hybridized carbons (Fsp3) is 0.0323. The molecular weight excluding hydrogens is 468 g/mol. The number of rotatable bonds is 1. The summed E-state index contributed by atoms with van der Waals surface area (Å²) in [5, 5.41) is 0. The first kappa shape index (κ1) is 18.9. The van der Waals surface area contributed by atoms with Crippen LogP contribution in [0.5, 0.6) is 11.5 Å². The third kappa shape index (κ3) is 2.53. The minimum Gasteiger partial charge on any atom is -0.457 e. The molecule has 1 aliphatic carbocycles. The van der Waals surface area contributed by atoms with Gasteiger partial charge in [-0.2, -0.15) is 0 Å². The molecule has 1 nitrogen and oxygen atoms in total. The van der Waals surface area contributed by atoms with Gasteiger partial charge in [0.15, 0.2) is 0 Å². The standard InChI is InChI=1S/C31H19BrO/c32-22-15-16-26-24(19-22)23-10-4-5-11-25(23)31(26)27-12-6-7-13-29(27)33-30-17-14-21(18-28(30)31)20-8-2-1-3-9-20/h1-19H. The van der Waals surface area contributed by atoms with Crippen molar-refractivity contribution in [3.63, 3.8) is 0 Å². The highest BCUT2D eigenvalue weighted by Gasteiger charge is 2.51. The first-order chi connectivity index (χ1) is 16.3. The van der Waals surface area contributed by atoms with Crippen LogP contribution in [0.4, 0.5) is 0 Å². The average molecular weight is 487 g/mol. The molecule has 0 N–H and O–H groups in total. The van der Waals surface area contributed by atoms with Gasteiger partial charge in [0.05, 0.1) is 5.41 Å². The first-order valence-electron chi connectivity index (χ1n) is 11.1. The van der Waals surface area contributed by atoms with Crippen molar-refractivity contribution in [1.82, 2.24) is 0 Å². The number of hydrogen-bond acceptors (Lipinski definition) is 1. The summed E-state index contributed by atoms with van der Waals surface area (Å²) in [7, 11) is 0. The summed E-state index contributed by atoms with van der Waals surface area (Å²) in [6.07, 6.45) is 0. The number of fused-ring (bicyclic) bond motifs is 9. The Labute approximate surface area is 201 Å². The summed E-state index contributed by atoms with van der Waals surface area (Å²) < 4.78 is 7.59. The van der Waals surface area contributed by atoms with Crippen molar-refractivity contribution in [2.45, 2.75) is 5.41 Å². The summed E-state index contributed by atoms with van der Waals surface area (Å²) >= 11 is 3.71. The maximum absolute atomic E-state index is 6.50. The minimum atomic E-state index is -0.429. The first-order valence-corrected chi connectivity index (χ1v) is 11.9. The van der Waals surface area contributed by atoms with Crippen LogP contribution in [0, 0.1) is 0 Å². The van der Waals surface area contributed by atoms with Crippen molar-refractivity contribution in [2.75, 3.05) is 0 Å². The van der Waals surface area contributed by atoms with Crippen LogP contribution in [0.2, 0.25) is 0 Å². The predicted molar refractivity (Wildman–Crippen MR) is 137 cm³/mol. The highest BCUT2D eigenvalue weighted by atomic mass is 79.9. The number of ether oxygens (including phenoxy) is 1. The van der Waals surface area contributed by atoms with E-state index in [1.807, 2.05) is 0 Å². The van der Waals surface area contributed by atoms with E-state index in [0.717, 1.165) is 16.0 Å². The van der Waals surface area contributed by atoms with Gasteiger partial charge in [0.25, 0.3) is 0 Å². The molecule has 33 heavy (non-hydrogen) atoms. The van der Waals surface area contributed by atoms with E-state index in [4.69, 9.17) is 4.74 Å². The van der Waals surface area contributed by atoms with Crippen LogP contribution in [-0.2, 0) is 5.41 Å². The molecular formula is C31H19BrO. The van der Waals surface area contributed by atoms with Crippen LogP contribution in [0.3, 0.4) is 0 Å². The lowest BCUT2D eigenvalue weighted by Crippen LogP contribution is -2.32. The molecule has 5 aromatic rings. The van der Waals surface area contributed by atoms with E-state index in [1.165, 1.54) is 44.5 Å². The lowest BCUT2D eigenvalue weighted by atomic mass is 9.66. The molecule has 1 unspecified atom stereocenters. The maximum atomic E-state index is 6.50. The van der Waals surface area contributed by atoms with Gasteiger partial charge in [-0.25, -0.2) is 0 Å². The molecule has 0 fully saturated rings. The van der Waals surface area contributed by atoms with Gasteiger partial charge in [-0.05, 0) is 63.7 Å². The molecule has 0 aromatic heterocycles. The zero-order valence-corrected chi connectivity index (χ0v) is 19.3. The second-order valence-electron chi connectivity index (χ2n) is 8.66. The maximum Gasteiger partial charge on any atom is 0.132 e. The number of benzene rings is 5. The van der Waals surface area contributed by atoms with Crippen LogP contribution >= 0.6 is 15.9 Å². The minimum absolute atomic E-state index is 0.429. The monoisotopic (exact) mass is 486 g/mol. The lowest BCUT2D eigenvalue weighted by Gasteiger charge is -2.39. The number of para-hydroxylation sites is 1. The van der Waals surface area contributed by atoms with E-state index in [-0.39, 0.29) is 0 Å². The van der Waals surface area contributed by atoms with Gasteiger partial charge < -0.3 is 4.74 Å². The van der Waals surface area contributed by atoms with E-state index in [9.17, 15) is 0 Å². The second-order valence-corrected chi connectivity index (χ2v) is 9.58. The fourth-order valence-corrected chi connectivity index (χ4v) is 6.05. The van der Waals surface area contributed by atoms with Gasteiger partial charge in [0.2, 0.25) is 0 Å². The summed E-state index contributed by atoms with van der Waals surface area (Å²) in [5.74, 6) is 1.84. The normalized spacial score (nSPS) is 17.0. The highest BCUT2D eigenvalue weighted by molar-refractivity contribution is 9.10. The number of hydrogen-bond donors (Lipinski definition) is 0. The van der Waals surface area contributed by atoms with Gasteiger partial charge in [0, 0.05) is 15.6 Å². The molecule has 1 atom stereocenters. The summed E-state index contributed by atoms with van der Waals surface area (Å²) in [6, 6.07) is 41.2. The Morgan fingerprint density at radius 1 is 0.485 bits per heavy atom. The summed E-state index contributed by atoms with van der Waals surface area (Å²) in [6.45, 7) is 0. The average Bonchev–Trinajstić information content (AvgIpc) is 3.15. The summed E-state index contributed by atoms with van der Waals surface area (Å²) in [5.41, 5.74) is 9.51. The molecule has 1 spiro atoms. The van der Waals surface area contributed by atoms with Gasteiger partial charge in [0.1, 0.15) is 11.5 Å². The highest BCUT2D eigenvalue weighted by Crippen LogP contribution is 2.62. The van der Waals surface area contributed by atoms with Gasteiger partial charge in [-0.3, -0.25) is 0 Å². The smallest absolute Gasteiger partial charge is 0.132 e. The third-order valence-electron chi connectivity index (χ3n) is 7.01. The van der Waals surface area contributed by atoms with Crippen LogP contribution < -0.4 is 4.74 Å². The van der Waals surface area contributed by atoms with Gasteiger partial charge in [-0.15, -0.1) is 0 Å². The molecule has 0 amide bonds. The fourth-order valence-electron chi connectivity index (χ4n) is 5.69. The SMILES string of the molecule is Brc1ccc2c(c1)-c1ccccc1C21c2ccccc2Oc2ccc(-c3ccccc3)cc21. The molecule has 156 valence electrons. The molecule has 2 aliphatic rings. The zero-order chi connectivity index (χ0) is 22.0.